The average Bonchev–Trinajstić information content (AvgIpc) is 2.89. The van der Waals surface area contributed by atoms with Crippen molar-refractivity contribution in [3.8, 4) is 28.5 Å². The average molecular weight is 506 g/mol. The lowest BCUT2D eigenvalue weighted by Crippen LogP contribution is -2.23. The molecule has 0 aliphatic heterocycles. The lowest BCUT2D eigenvalue weighted by molar-refractivity contribution is -0.115. The van der Waals surface area contributed by atoms with E-state index in [0.717, 1.165) is 33.6 Å². The van der Waals surface area contributed by atoms with Gasteiger partial charge in [-0.2, -0.15) is 5.26 Å². The van der Waals surface area contributed by atoms with Crippen molar-refractivity contribution in [2.24, 2.45) is 0 Å². The number of hydrogen-bond acceptors (Lipinski definition) is 4. The monoisotopic (exact) mass is 505 g/mol. The van der Waals surface area contributed by atoms with Crippen LogP contribution in [0.25, 0.3) is 22.4 Å². The van der Waals surface area contributed by atoms with Crippen LogP contribution in [0.5, 0.6) is 0 Å². The SMILES string of the molecule is Cc1ccccc1NC(=O)C(C)Sc1nc(-c2ccccc2)cc(-c2ccc(C(C)(C)C)cc2)c1C#N. The van der Waals surface area contributed by atoms with Gasteiger partial charge in [-0.15, -0.1) is 0 Å². The fourth-order valence-electron chi connectivity index (χ4n) is 4.02. The molecule has 0 aliphatic rings. The van der Waals surface area contributed by atoms with Gasteiger partial charge in [0.2, 0.25) is 5.91 Å². The molecule has 5 heteroatoms. The molecule has 0 radical (unpaired) electrons. The Morgan fingerprint density at radius 1 is 0.946 bits per heavy atom. The molecule has 0 spiro atoms. The van der Waals surface area contributed by atoms with E-state index in [1.807, 2.05) is 74.5 Å². The maximum Gasteiger partial charge on any atom is 0.237 e. The Morgan fingerprint density at radius 2 is 1.59 bits per heavy atom. The van der Waals surface area contributed by atoms with Crippen molar-refractivity contribution >= 4 is 23.4 Å². The van der Waals surface area contributed by atoms with Gasteiger partial charge in [-0.25, -0.2) is 4.98 Å². The maximum absolute atomic E-state index is 13.1. The largest absolute Gasteiger partial charge is 0.325 e. The zero-order valence-electron chi connectivity index (χ0n) is 21.9. The van der Waals surface area contributed by atoms with Gasteiger partial charge in [0, 0.05) is 16.8 Å². The van der Waals surface area contributed by atoms with E-state index in [1.54, 1.807) is 0 Å². The smallest absolute Gasteiger partial charge is 0.237 e. The number of amides is 1. The van der Waals surface area contributed by atoms with Crippen LogP contribution in [0.1, 0.15) is 44.4 Å². The second-order valence-electron chi connectivity index (χ2n) is 10.1. The van der Waals surface area contributed by atoms with Gasteiger partial charge in [0.05, 0.1) is 16.5 Å². The molecule has 4 nitrogen and oxygen atoms in total. The van der Waals surface area contributed by atoms with E-state index in [4.69, 9.17) is 4.98 Å². The highest BCUT2D eigenvalue weighted by atomic mass is 32.2. The number of nitrogens with zero attached hydrogens (tertiary/aromatic N) is 2. The highest BCUT2D eigenvalue weighted by Gasteiger charge is 2.22. The van der Waals surface area contributed by atoms with Crippen molar-refractivity contribution in [1.82, 2.24) is 4.98 Å². The number of carbonyl (C=O) groups is 1. The van der Waals surface area contributed by atoms with Crippen LogP contribution < -0.4 is 5.32 Å². The van der Waals surface area contributed by atoms with E-state index in [-0.39, 0.29) is 11.3 Å². The number of anilines is 1. The molecular formula is C32H31N3OS. The minimum absolute atomic E-state index is 0.0327. The summed E-state index contributed by atoms with van der Waals surface area (Å²) in [5.74, 6) is -0.133. The van der Waals surface area contributed by atoms with Gasteiger partial charge >= 0.3 is 0 Å². The van der Waals surface area contributed by atoms with Crippen molar-refractivity contribution in [3.05, 3.63) is 102 Å². The predicted octanol–water partition coefficient (Wildman–Crippen LogP) is 8.01. The molecule has 1 unspecified atom stereocenters. The number of benzene rings is 3. The molecule has 0 aliphatic carbocycles. The summed E-state index contributed by atoms with van der Waals surface area (Å²) in [6, 6.07) is 30.3. The number of aryl methyl sites for hydroxylation is 1. The normalized spacial score (nSPS) is 12.0. The van der Waals surface area contributed by atoms with E-state index in [1.165, 1.54) is 17.3 Å². The minimum Gasteiger partial charge on any atom is -0.325 e. The van der Waals surface area contributed by atoms with Crippen LogP contribution in [0.3, 0.4) is 0 Å². The Bertz CT molecular complexity index is 1450. The van der Waals surface area contributed by atoms with Crippen molar-refractivity contribution < 1.29 is 4.79 Å². The van der Waals surface area contributed by atoms with Crippen molar-refractivity contribution in [1.29, 1.82) is 5.26 Å². The number of rotatable bonds is 6. The molecule has 1 aromatic heterocycles. The van der Waals surface area contributed by atoms with Crippen LogP contribution in [0, 0.1) is 18.3 Å². The third kappa shape index (κ3) is 6.10. The van der Waals surface area contributed by atoms with Crippen molar-refractivity contribution in [2.75, 3.05) is 5.32 Å². The van der Waals surface area contributed by atoms with Gasteiger partial charge in [-0.1, -0.05) is 105 Å². The Morgan fingerprint density at radius 3 is 2.22 bits per heavy atom. The number of thioether (sulfide) groups is 1. The summed E-state index contributed by atoms with van der Waals surface area (Å²) in [5.41, 5.74) is 7.00. The highest BCUT2D eigenvalue weighted by Crippen LogP contribution is 2.36. The molecule has 1 N–H and O–H groups in total. The van der Waals surface area contributed by atoms with E-state index >= 15 is 0 Å². The quantitative estimate of drug-likeness (QED) is 0.270. The maximum atomic E-state index is 13.1. The third-order valence-corrected chi connectivity index (χ3v) is 7.38. The summed E-state index contributed by atoms with van der Waals surface area (Å²) in [6.45, 7) is 10.3. The number of nitrogens with one attached hydrogen (secondary N) is 1. The third-order valence-electron chi connectivity index (χ3n) is 6.29. The van der Waals surface area contributed by atoms with Crippen LogP contribution >= 0.6 is 11.8 Å². The van der Waals surface area contributed by atoms with Crippen LogP contribution in [-0.4, -0.2) is 16.1 Å². The first-order valence-electron chi connectivity index (χ1n) is 12.3. The summed E-state index contributed by atoms with van der Waals surface area (Å²) >= 11 is 1.31. The molecule has 4 aromatic rings. The molecule has 0 bridgehead atoms. The molecule has 1 heterocycles. The van der Waals surface area contributed by atoms with Gasteiger partial charge in [0.1, 0.15) is 11.1 Å². The summed E-state index contributed by atoms with van der Waals surface area (Å²) in [7, 11) is 0. The lowest BCUT2D eigenvalue weighted by atomic mass is 9.86. The predicted molar refractivity (Wildman–Crippen MR) is 154 cm³/mol. The standard InChI is InChI=1S/C32H31N3OS/c1-21-11-9-10-14-28(21)34-30(36)22(2)37-31-27(20-33)26(19-29(35-31)24-12-7-6-8-13-24)23-15-17-25(18-16-23)32(3,4)5/h6-19,22H,1-5H3,(H,34,36). The van der Waals surface area contributed by atoms with Gasteiger partial charge in [-0.05, 0) is 48.1 Å². The molecule has 1 atom stereocenters. The Kier molecular flexibility index (Phi) is 7.80. The molecule has 37 heavy (non-hydrogen) atoms. The van der Waals surface area contributed by atoms with Crippen LogP contribution in [-0.2, 0) is 10.2 Å². The Balaban J connectivity index is 1.75. The number of nitriles is 1. The molecular weight excluding hydrogens is 474 g/mol. The van der Waals surface area contributed by atoms with Gasteiger partial charge < -0.3 is 5.32 Å². The van der Waals surface area contributed by atoms with E-state index in [9.17, 15) is 10.1 Å². The molecule has 186 valence electrons. The van der Waals surface area contributed by atoms with Gasteiger partial charge in [-0.3, -0.25) is 4.79 Å². The molecule has 4 rings (SSSR count). The van der Waals surface area contributed by atoms with E-state index < -0.39 is 5.25 Å². The summed E-state index contributed by atoms with van der Waals surface area (Å²) in [5, 5.41) is 13.3. The molecule has 0 saturated heterocycles. The first-order chi connectivity index (χ1) is 17.7. The summed E-state index contributed by atoms with van der Waals surface area (Å²) < 4.78 is 0. The molecule has 0 saturated carbocycles. The number of carbonyl (C=O) groups excluding carboxylic acids is 1. The van der Waals surface area contributed by atoms with E-state index in [0.29, 0.717) is 10.6 Å². The number of pyridine rings is 1. The zero-order valence-corrected chi connectivity index (χ0v) is 22.7. The second kappa shape index (κ2) is 11.0. The number of aromatic nitrogens is 1. The fraction of sp³-hybridized carbons (Fsp3) is 0.219. The summed E-state index contributed by atoms with van der Waals surface area (Å²) in [4.78, 5) is 17.9. The Hall–Kier alpha value is -3.88. The zero-order chi connectivity index (χ0) is 26.6. The van der Waals surface area contributed by atoms with Crippen molar-refractivity contribution in [3.63, 3.8) is 0 Å². The fourth-order valence-corrected chi connectivity index (χ4v) is 4.94. The first-order valence-corrected chi connectivity index (χ1v) is 13.2. The van der Waals surface area contributed by atoms with Crippen LogP contribution in [0.2, 0.25) is 0 Å². The first kappa shape index (κ1) is 26.2. The van der Waals surface area contributed by atoms with Gasteiger partial charge in [0.15, 0.2) is 0 Å². The number of hydrogen-bond donors (Lipinski definition) is 1. The topological polar surface area (TPSA) is 65.8 Å². The van der Waals surface area contributed by atoms with E-state index in [2.05, 4.69) is 56.4 Å². The van der Waals surface area contributed by atoms with Gasteiger partial charge in [0.25, 0.3) is 0 Å². The second-order valence-corrected chi connectivity index (χ2v) is 11.4. The van der Waals surface area contributed by atoms with Crippen LogP contribution in [0.4, 0.5) is 5.69 Å². The Labute approximate surface area is 223 Å². The highest BCUT2D eigenvalue weighted by molar-refractivity contribution is 8.00. The van der Waals surface area contributed by atoms with Crippen molar-refractivity contribution in [2.45, 2.75) is 50.3 Å². The summed E-state index contributed by atoms with van der Waals surface area (Å²) in [6.07, 6.45) is 0. The van der Waals surface area contributed by atoms with Crippen LogP contribution in [0.15, 0.2) is 90.0 Å². The minimum atomic E-state index is -0.457. The molecule has 0 fully saturated rings. The number of para-hydroxylation sites is 1. The lowest BCUT2D eigenvalue weighted by Gasteiger charge is -2.20. The molecule has 1 amide bonds. The molecule has 3 aromatic carbocycles.